The van der Waals surface area contributed by atoms with E-state index in [1.807, 2.05) is 36.4 Å². The molecule has 1 aliphatic rings. The van der Waals surface area contributed by atoms with Crippen molar-refractivity contribution in [1.82, 2.24) is 15.2 Å². The van der Waals surface area contributed by atoms with Crippen molar-refractivity contribution in [3.8, 4) is 11.5 Å². The number of fused-ring (bicyclic) bond motifs is 1. The van der Waals surface area contributed by atoms with E-state index in [9.17, 15) is 9.90 Å². The molecule has 0 atom stereocenters. The minimum Gasteiger partial charge on any atom is -0.457 e. The van der Waals surface area contributed by atoms with E-state index >= 15 is 0 Å². The van der Waals surface area contributed by atoms with Crippen LogP contribution in [0.2, 0.25) is 5.02 Å². The lowest BCUT2D eigenvalue weighted by molar-refractivity contribution is 0.103. The smallest absolute Gasteiger partial charge is 0.215 e. The molecule has 0 aliphatic heterocycles. The average Bonchev–Trinajstić information content (AvgIpc) is 3.30. The standard InChI is InChI=1S/C26H25ClN4O3/c27-21-14-19(34-18-4-2-1-3-5-18)10-11-20(21)25(33)24-23-22(12-13-28-26(23)31-30-24)29-17-8-6-16(15-32)7-9-17/h1-5,10-14,16-17,32H,6-9,15H2,(H2,28,29,30,31). The largest absolute Gasteiger partial charge is 0.457 e. The number of halogens is 1. The Balaban J connectivity index is 1.40. The number of benzene rings is 2. The van der Waals surface area contributed by atoms with Gasteiger partial charge in [0.25, 0.3) is 0 Å². The Bertz CT molecular complexity index is 1300. The molecule has 0 radical (unpaired) electrons. The van der Waals surface area contributed by atoms with Crippen LogP contribution in [0.4, 0.5) is 5.69 Å². The highest BCUT2D eigenvalue weighted by Gasteiger charge is 2.25. The molecular weight excluding hydrogens is 452 g/mol. The summed E-state index contributed by atoms with van der Waals surface area (Å²) in [5.74, 6) is 1.31. The number of rotatable bonds is 7. The maximum absolute atomic E-state index is 13.4. The second kappa shape index (κ2) is 9.83. The summed E-state index contributed by atoms with van der Waals surface area (Å²) in [7, 11) is 0. The number of carbonyl (C=O) groups excluding carboxylic acids is 1. The van der Waals surface area contributed by atoms with E-state index in [-0.39, 0.29) is 29.1 Å². The topological polar surface area (TPSA) is 100 Å². The van der Waals surface area contributed by atoms with Gasteiger partial charge in [-0.3, -0.25) is 9.89 Å². The fourth-order valence-electron chi connectivity index (χ4n) is 4.44. The van der Waals surface area contributed by atoms with E-state index in [1.165, 1.54) is 0 Å². The van der Waals surface area contributed by atoms with Crippen LogP contribution < -0.4 is 10.1 Å². The molecular formula is C26H25ClN4O3. The Kier molecular flexibility index (Phi) is 6.47. The predicted octanol–water partition coefficient (Wildman–Crippen LogP) is 5.60. The summed E-state index contributed by atoms with van der Waals surface area (Å²) in [5.41, 5.74) is 1.97. The van der Waals surface area contributed by atoms with Gasteiger partial charge in [-0.25, -0.2) is 4.98 Å². The molecule has 4 aromatic rings. The molecule has 0 amide bonds. The first-order valence-corrected chi connectivity index (χ1v) is 11.8. The van der Waals surface area contributed by atoms with Crippen LogP contribution in [0.15, 0.2) is 60.8 Å². The number of pyridine rings is 1. The molecule has 5 rings (SSSR count). The third-order valence-electron chi connectivity index (χ3n) is 6.31. The number of anilines is 1. The number of nitrogens with zero attached hydrogens (tertiary/aromatic N) is 2. The Morgan fingerprint density at radius 3 is 2.62 bits per heavy atom. The number of ether oxygens (including phenoxy) is 1. The van der Waals surface area contributed by atoms with Crippen molar-refractivity contribution in [2.24, 2.45) is 5.92 Å². The molecule has 2 aromatic carbocycles. The van der Waals surface area contributed by atoms with E-state index in [4.69, 9.17) is 16.3 Å². The van der Waals surface area contributed by atoms with Crippen molar-refractivity contribution in [2.45, 2.75) is 31.7 Å². The van der Waals surface area contributed by atoms with Crippen LogP contribution in [-0.4, -0.2) is 38.7 Å². The summed E-state index contributed by atoms with van der Waals surface area (Å²) in [6, 6.07) is 16.5. The van der Waals surface area contributed by atoms with Crippen molar-refractivity contribution in [2.75, 3.05) is 11.9 Å². The summed E-state index contributed by atoms with van der Waals surface area (Å²) in [4.78, 5) is 17.8. The van der Waals surface area contributed by atoms with Crippen LogP contribution in [0.5, 0.6) is 11.5 Å². The number of hydrogen-bond donors (Lipinski definition) is 3. The summed E-state index contributed by atoms with van der Waals surface area (Å²) in [5, 5.41) is 21.1. The summed E-state index contributed by atoms with van der Waals surface area (Å²) in [6.45, 7) is 0.239. The second-order valence-electron chi connectivity index (χ2n) is 8.58. The lowest BCUT2D eigenvalue weighted by atomic mass is 9.86. The minimum absolute atomic E-state index is 0.239. The van der Waals surface area contributed by atoms with E-state index in [1.54, 1.807) is 24.4 Å². The summed E-state index contributed by atoms with van der Waals surface area (Å²) >= 11 is 6.49. The van der Waals surface area contributed by atoms with Gasteiger partial charge < -0.3 is 15.2 Å². The molecule has 1 fully saturated rings. The van der Waals surface area contributed by atoms with Crippen LogP contribution in [0, 0.1) is 5.92 Å². The zero-order chi connectivity index (χ0) is 23.5. The Labute approximate surface area is 202 Å². The molecule has 7 nitrogen and oxygen atoms in total. The molecule has 174 valence electrons. The summed E-state index contributed by atoms with van der Waals surface area (Å²) < 4.78 is 5.82. The van der Waals surface area contributed by atoms with Crippen molar-refractivity contribution < 1.29 is 14.6 Å². The first kappa shape index (κ1) is 22.4. The fourth-order valence-corrected chi connectivity index (χ4v) is 4.70. The highest BCUT2D eigenvalue weighted by molar-refractivity contribution is 6.35. The van der Waals surface area contributed by atoms with Crippen LogP contribution >= 0.6 is 11.6 Å². The van der Waals surface area contributed by atoms with E-state index in [2.05, 4.69) is 20.5 Å². The summed E-state index contributed by atoms with van der Waals surface area (Å²) in [6.07, 6.45) is 5.58. The van der Waals surface area contributed by atoms with Gasteiger partial charge in [0.05, 0.1) is 10.4 Å². The van der Waals surface area contributed by atoms with Gasteiger partial charge in [0.1, 0.15) is 17.2 Å². The molecule has 8 heteroatoms. The number of aromatic amines is 1. The lowest BCUT2D eigenvalue weighted by Crippen LogP contribution is -2.27. The zero-order valence-corrected chi connectivity index (χ0v) is 19.3. The van der Waals surface area contributed by atoms with E-state index < -0.39 is 0 Å². The van der Waals surface area contributed by atoms with E-state index in [0.717, 1.165) is 31.4 Å². The molecule has 3 N–H and O–H groups in total. The SMILES string of the molecule is O=C(c1ccc(Oc2ccccc2)cc1Cl)c1n[nH]c2nccc(NC3CCC(CO)CC3)c12. The van der Waals surface area contributed by atoms with Gasteiger partial charge in [0.2, 0.25) is 5.78 Å². The molecule has 0 saturated heterocycles. The molecule has 2 heterocycles. The Morgan fingerprint density at radius 1 is 1.09 bits per heavy atom. The second-order valence-corrected chi connectivity index (χ2v) is 8.99. The van der Waals surface area contributed by atoms with Gasteiger partial charge in [0, 0.05) is 36.2 Å². The van der Waals surface area contributed by atoms with Gasteiger partial charge in [0.15, 0.2) is 5.65 Å². The molecule has 0 unspecified atom stereocenters. The van der Waals surface area contributed by atoms with Crippen molar-refractivity contribution in [3.05, 3.63) is 77.1 Å². The third kappa shape index (κ3) is 4.62. The van der Waals surface area contributed by atoms with Crippen LogP contribution in [0.3, 0.4) is 0 Å². The molecule has 1 aliphatic carbocycles. The minimum atomic E-state index is -0.289. The highest BCUT2D eigenvalue weighted by Crippen LogP contribution is 2.33. The number of carbonyl (C=O) groups is 1. The number of para-hydroxylation sites is 1. The fraction of sp³-hybridized carbons (Fsp3) is 0.269. The van der Waals surface area contributed by atoms with Gasteiger partial charge in [-0.05, 0) is 61.9 Å². The van der Waals surface area contributed by atoms with Crippen LogP contribution in [0.25, 0.3) is 11.0 Å². The number of ketones is 1. The first-order valence-electron chi connectivity index (χ1n) is 11.4. The maximum Gasteiger partial charge on any atom is 0.215 e. The molecule has 0 spiro atoms. The lowest BCUT2D eigenvalue weighted by Gasteiger charge is -2.28. The van der Waals surface area contributed by atoms with Gasteiger partial charge >= 0.3 is 0 Å². The number of aliphatic hydroxyl groups is 1. The number of aromatic nitrogens is 3. The number of hydrogen-bond acceptors (Lipinski definition) is 6. The third-order valence-corrected chi connectivity index (χ3v) is 6.62. The first-order chi connectivity index (χ1) is 16.6. The maximum atomic E-state index is 13.4. The highest BCUT2D eigenvalue weighted by atomic mass is 35.5. The quantitative estimate of drug-likeness (QED) is 0.300. The van der Waals surface area contributed by atoms with Crippen molar-refractivity contribution in [3.63, 3.8) is 0 Å². The average molecular weight is 477 g/mol. The number of H-pyrrole nitrogens is 1. The molecule has 34 heavy (non-hydrogen) atoms. The number of nitrogens with one attached hydrogen (secondary N) is 2. The van der Waals surface area contributed by atoms with Gasteiger partial charge in [-0.1, -0.05) is 29.8 Å². The van der Waals surface area contributed by atoms with E-state index in [0.29, 0.717) is 34.0 Å². The zero-order valence-electron chi connectivity index (χ0n) is 18.5. The number of aliphatic hydroxyl groups excluding tert-OH is 1. The predicted molar refractivity (Wildman–Crippen MR) is 132 cm³/mol. The molecule has 2 aromatic heterocycles. The monoisotopic (exact) mass is 476 g/mol. The molecule has 1 saturated carbocycles. The Hall–Kier alpha value is -3.42. The van der Waals surface area contributed by atoms with Crippen LogP contribution in [0.1, 0.15) is 41.7 Å². The van der Waals surface area contributed by atoms with Crippen LogP contribution in [-0.2, 0) is 0 Å². The van der Waals surface area contributed by atoms with Gasteiger partial charge in [-0.15, -0.1) is 0 Å². The Morgan fingerprint density at radius 2 is 1.88 bits per heavy atom. The van der Waals surface area contributed by atoms with Crippen molar-refractivity contribution in [1.29, 1.82) is 0 Å². The van der Waals surface area contributed by atoms with Crippen molar-refractivity contribution >= 4 is 34.1 Å². The molecule has 0 bridgehead atoms. The normalized spacial score (nSPS) is 18.1. The van der Waals surface area contributed by atoms with Gasteiger partial charge in [-0.2, -0.15) is 5.10 Å².